The number of ether oxygens (including phenoxy) is 1. The molecule has 0 bridgehead atoms. The van der Waals surface area contributed by atoms with Crippen LogP contribution >= 0.6 is 0 Å². The molecule has 0 spiro atoms. The first-order valence-corrected chi connectivity index (χ1v) is 6.69. The largest absolute Gasteiger partial charge is 0.495 e. The molecule has 1 rings (SSSR count). The van der Waals surface area contributed by atoms with Crippen LogP contribution in [0.3, 0.4) is 0 Å². The average molecular weight is 278 g/mol. The summed E-state index contributed by atoms with van der Waals surface area (Å²) < 4.78 is 5.30. The number of amides is 2. The molecule has 0 saturated heterocycles. The van der Waals surface area contributed by atoms with Crippen LogP contribution in [-0.4, -0.2) is 32.0 Å². The lowest BCUT2D eigenvalue weighted by atomic mass is 10.2. The Kier molecular flexibility index (Phi) is 6.03. The number of methoxy groups -OCH3 is 1. The number of nitrogens with one attached hydrogen (secondary N) is 1. The van der Waals surface area contributed by atoms with Gasteiger partial charge >= 0.3 is 0 Å². The van der Waals surface area contributed by atoms with Crippen LogP contribution in [0.15, 0.2) is 18.2 Å². The third-order valence-electron chi connectivity index (χ3n) is 2.98. The van der Waals surface area contributed by atoms with Gasteiger partial charge in [-0.25, -0.2) is 0 Å². The second-order valence-electron chi connectivity index (χ2n) is 4.55. The van der Waals surface area contributed by atoms with Crippen molar-refractivity contribution in [1.29, 1.82) is 0 Å². The maximum atomic E-state index is 11.8. The van der Waals surface area contributed by atoms with E-state index in [2.05, 4.69) is 5.32 Å². The predicted molar refractivity (Wildman–Crippen MR) is 79.1 cm³/mol. The molecule has 1 aromatic rings. The maximum Gasteiger partial charge on any atom is 0.224 e. The third-order valence-corrected chi connectivity index (χ3v) is 2.98. The molecule has 0 unspecified atom stereocenters. The highest BCUT2D eigenvalue weighted by Crippen LogP contribution is 2.29. The molecule has 2 amide bonds. The number of benzene rings is 1. The normalized spacial score (nSPS) is 10.0. The molecule has 20 heavy (non-hydrogen) atoms. The Balaban J connectivity index is 2.88. The van der Waals surface area contributed by atoms with Crippen LogP contribution in [0, 0.1) is 6.92 Å². The zero-order valence-electron chi connectivity index (χ0n) is 12.5. The highest BCUT2D eigenvalue weighted by molar-refractivity contribution is 5.93. The molecular weight excluding hydrogens is 256 g/mol. The first kappa shape index (κ1) is 16.0. The van der Waals surface area contributed by atoms with Crippen LogP contribution in [0.25, 0.3) is 0 Å². The summed E-state index contributed by atoms with van der Waals surface area (Å²) in [4.78, 5) is 24.7. The van der Waals surface area contributed by atoms with Crippen LogP contribution in [0.2, 0.25) is 0 Å². The monoisotopic (exact) mass is 278 g/mol. The van der Waals surface area contributed by atoms with Gasteiger partial charge in [0, 0.05) is 26.4 Å². The van der Waals surface area contributed by atoms with E-state index in [9.17, 15) is 9.59 Å². The third kappa shape index (κ3) is 4.26. The number of rotatable bonds is 6. The second kappa shape index (κ2) is 7.53. The lowest BCUT2D eigenvalue weighted by Crippen LogP contribution is -2.37. The highest BCUT2D eigenvalue weighted by Gasteiger charge is 2.16. The number of hydrogen-bond acceptors (Lipinski definition) is 3. The molecule has 1 aromatic carbocycles. The molecule has 0 radical (unpaired) electrons. The van der Waals surface area contributed by atoms with E-state index in [0.717, 1.165) is 11.3 Å². The summed E-state index contributed by atoms with van der Waals surface area (Å²) in [6.45, 7) is 6.09. The van der Waals surface area contributed by atoms with Crippen LogP contribution in [0.1, 0.15) is 25.8 Å². The first-order chi connectivity index (χ1) is 9.49. The fourth-order valence-corrected chi connectivity index (χ4v) is 1.89. The van der Waals surface area contributed by atoms with Gasteiger partial charge in [-0.05, 0) is 24.6 Å². The van der Waals surface area contributed by atoms with Gasteiger partial charge in [-0.2, -0.15) is 0 Å². The molecule has 0 aromatic heterocycles. The van der Waals surface area contributed by atoms with E-state index >= 15 is 0 Å². The molecule has 1 N–H and O–H groups in total. The van der Waals surface area contributed by atoms with Crippen molar-refractivity contribution in [2.75, 3.05) is 25.1 Å². The Bertz CT molecular complexity index is 486. The van der Waals surface area contributed by atoms with Crippen molar-refractivity contribution >= 4 is 17.5 Å². The van der Waals surface area contributed by atoms with Crippen LogP contribution < -0.4 is 15.0 Å². The van der Waals surface area contributed by atoms with Gasteiger partial charge in [0.1, 0.15) is 5.75 Å². The number of carbonyl (C=O) groups excluding carboxylic acids is 2. The highest BCUT2D eigenvalue weighted by atomic mass is 16.5. The summed E-state index contributed by atoms with van der Waals surface area (Å²) in [5.41, 5.74) is 1.77. The summed E-state index contributed by atoms with van der Waals surface area (Å²) in [7, 11) is 1.57. The molecule has 5 heteroatoms. The number of aryl methyl sites for hydroxylation is 1. The van der Waals surface area contributed by atoms with E-state index in [4.69, 9.17) is 4.74 Å². The van der Waals surface area contributed by atoms with E-state index in [-0.39, 0.29) is 11.8 Å². The lowest BCUT2D eigenvalue weighted by Gasteiger charge is -2.24. The molecular formula is C15H22N2O3. The van der Waals surface area contributed by atoms with Gasteiger partial charge in [0.25, 0.3) is 0 Å². The van der Waals surface area contributed by atoms with Gasteiger partial charge in [-0.15, -0.1) is 0 Å². The van der Waals surface area contributed by atoms with Crippen molar-refractivity contribution in [3.05, 3.63) is 23.8 Å². The SMILES string of the molecule is CCC(=O)NCCN(C(C)=O)c1cc(C)ccc1OC. The van der Waals surface area contributed by atoms with Gasteiger partial charge in [0.15, 0.2) is 0 Å². The van der Waals surface area contributed by atoms with Gasteiger partial charge in [-0.3, -0.25) is 9.59 Å². The molecule has 5 nitrogen and oxygen atoms in total. The van der Waals surface area contributed by atoms with E-state index in [1.165, 1.54) is 6.92 Å². The van der Waals surface area contributed by atoms with E-state index in [0.29, 0.717) is 25.3 Å². The average Bonchev–Trinajstić information content (AvgIpc) is 2.42. The summed E-state index contributed by atoms with van der Waals surface area (Å²) >= 11 is 0. The van der Waals surface area contributed by atoms with Gasteiger partial charge in [0.05, 0.1) is 12.8 Å². The summed E-state index contributed by atoms with van der Waals surface area (Å²) in [6.07, 6.45) is 0.438. The maximum absolute atomic E-state index is 11.8. The molecule has 0 atom stereocenters. The standard InChI is InChI=1S/C15H22N2O3/c1-5-15(19)16-8-9-17(12(3)18)13-10-11(2)6-7-14(13)20-4/h6-7,10H,5,8-9H2,1-4H3,(H,16,19). The quantitative estimate of drug-likeness (QED) is 0.864. The zero-order valence-corrected chi connectivity index (χ0v) is 12.5. The Morgan fingerprint density at radius 3 is 2.60 bits per heavy atom. The summed E-state index contributed by atoms with van der Waals surface area (Å²) in [6, 6.07) is 5.67. The minimum Gasteiger partial charge on any atom is -0.495 e. The molecule has 0 saturated carbocycles. The summed E-state index contributed by atoms with van der Waals surface area (Å²) in [5.74, 6) is 0.539. The van der Waals surface area contributed by atoms with Crippen molar-refractivity contribution in [2.45, 2.75) is 27.2 Å². The molecule has 0 heterocycles. The van der Waals surface area contributed by atoms with Crippen molar-refractivity contribution in [1.82, 2.24) is 5.32 Å². The minimum atomic E-state index is -0.0837. The second-order valence-corrected chi connectivity index (χ2v) is 4.55. The molecule has 0 fully saturated rings. The summed E-state index contributed by atoms with van der Waals surface area (Å²) in [5, 5.41) is 2.77. The molecule has 0 aliphatic heterocycles. The van der Waals surface area contributed by atoms with Crippen LogP contribution in [-0.2, 0) is 9.59 Å². The fourth-order valence-electron chi connectivity index (χ4n) is 1.89. The molecule has 0 aliphatic carbocycles. The molecule has 0 aliphatic rings. The number of nitrogens with zero attached hydrogens (tertiary/aromatic N) is 1. The van der Waals surface area contributed by atoms with Crippen molar-refractivity contribution in [3.63, 3.8) is 0 Å². The van der Waals surface area contributed by atoms with Gasteiger partial charge in [0.2, 0.25) is 11.8 Å². The van der Waals surface area contributed by atoms with Crippen LogP contribution in [0.5, 0.6) is 5.75 Å². The zero-order chi connectivity index (χ0) is 15.1. The van der Waals surface area contributed by atoms with Crippen LogP contribution in [0.4, 0.5) is 5.69 Å². The number of carbonyl (C=O) groups is 2. The topological polar surface area (TPSA) is 58.6 Å². The van der Waals surface area contributed by atoms with E-state index < -0.39 is 0 Å². The Morgan fingerprint density at radius 2 is 2.05 bits per heavy atom. The molecule has 110 valence electrons. The van der Waals surface area contributed by atoms with Gasteiger partial charge in [-0.1, -0.05) is 13.0 Å². The van der Waals surface area contributed by atoms with Crippen molar-refractivity contribution < 1.29 is 14.3 Å². The van der Waals surface area contributed by atoms with Crippen molar-refractivity contribution in [3.8, 4) is 5.75 Å². The van der Waals surface area contributed by atoms with Crippen molar-refractivity contribution in [2.24, 2.45) is 0 Å². The predicted octanol–water partition coefficient (Wildman–Crippen LogP) is 1.88. The smallest absolute Gasteiger partial charge is 0.224 e. The Morgan fingerprint density at radius 1 is 1.35 bits per heavy atom. The Labute approximate surface area is 119 Å². The lowest BCUT2D eigenvalue weighted by molar-refractivity contribution is -0.121. The van der Waals surface area contributed by atoms with E-state index in [1.54, 1.807) is 18.9 Å². The van der Waals surface area contributed by atoms with Gasteiger partial charge < -0.3 is 15.0 Å². The number of hydrogen-bond donors (Lipinski definition) is 1. The fraction of sp³-hybridized carbons (Fsp3) is 0.467. The first-order valence-electron chi connectivity index (χ1n) is 6.69. The Hall–Kier alpha value is -2.04. The number of anilines is 1. The minimum absolute atomic E-state index is 0.0234. The van der Waals surface area contributed by atoms with E-state index in [1.807, 2.05) is 25.1 Å².